The van der Waals surface area contributed by atoms with Crippen molar-refractivity contribution in [2.45, 2.75) is 0 Å². The van der Waals surface area contributed by atoms with E-state index in [0.717, 1.165) is 12.2 Å². The van der Waals surface area contributed by atoms with Crippen molar-refractivity contribution < 1.29 is 13.9 Å². The lowest BCUT2D eigenvalue weighted by Gasteiger charge is -2.31. The first-order valence-electron chi connectivity index (χ1n) is 7.34. The van der Waals surface area contributed by atoms with Crippen molar-refractivity contribution in [3.8, 4) is 5.75 Å². The molecule has 0 atom stereocenters. The van der Waals surface area contributed by atoms with E-state index in [1.807, 2.05) is 25.1 Å². The minimum atomic E-state index is -0.194. The van der Waals surface area contributed by atoms with Crippen LogP contribution < -0.4 is 15.4 Å². The van der Waals surface area contributed by atoms with E-state index in [1.54, 1.807) is 41.5 Å². The number of amides is 1. The van der Waals surface area contributed by atoms with Crippen LogP contribution in [0.25, 0.3) is 6.08 Å². The van der Waals surface area contributed by atoms with E-state index in [4.69, 9.17) is 14.9 Å². The summed E-state index contributed by atoms with van der Waals surface area (Å²) in [6.07, 6.45) is 3.15. The van der Waals surface area contributed by atoms with Gasteiger partial charge in [0, 0.05) is 30.9 Å². The highest BCUT2D eigenvalue weighted by atomic mass is 16.5. The summed E-state index contributed by atoms with van der Waals surface area (Å²) in [6, 6.07) is 8.82. The van der Waals surface area contributed by atoms with Crippen molar-refractivity contribution in [1.29, 1.82) is 0 Å². The zero-order chi connectivity index (χ0) is 16.4. The molecular formula is C17H19N3O3. The summed E-state index contributed by atoms with van der Waals surface area (Å²) < 4.78 is 11.0. The molecule has 120 valence electrons. The second-order valence-electron chi connectivity index (χ2n) is 5.61. The van der Waals surface area contributed by atoms with Gasteiger partial charge in [0.2, 0.25) is 0 Å². The topological polar surface area (TPSA) is 71.9 Å². The number of nitrogens with two attached hydrogens (primary N) is 1. The molecule has 0 saturated carbocycles. The van der Waals surface area contributed by atoms with Crippen LogP contribution in [0.1, 0.15) is 5.76 Å². The van der Waals surface area contributed by atoms with Crippen LogP contribution in [0.4, 0.5) is 11.4 Å². The molecule has 6 heteroatoms. The first-order chi connectivity index (χ1) is 11.0. The molecule has 0 unspecified atom stereocenters. The molecule has 2 N–H and O–H groups in total. The quantitative estimate of drug-likeness (QED) is 0.692. The number of furan rings is 1. The van der Waals surface area contributed by atoms with Crippen LogP contribution in [0.5, 0.6) is 5.75 Å². The summed E-state index contributed by atoms with van der Waals surface area (Å²) >= 11 is 0. The van der Waals surface area contributed by atoms with Crippen LogP contribution in [0.2, 0.25) is 0 Å². The smallest absolute Gasteiger partial charge is 0.294 e. The van der Waals surface area contributed by atoms with Gasteiger partial charge in [-0.2, -0.15) is 0 Å². The zero-order valence-corrected chi connectivity index (χ0v) is 13.2. The Bertz CT molecular complexity index is 736. The van der Waals surface area contributed by atoms with E-state index >= 15 is 0 Å². The van der Waals surface area contributed by atoms with Gasteiger partial charge in [0.15, 0.2) is 11.5 Å². The summed E-state index contributed by atoms with van der Waals surface area (Å²) in [4.78, 5) is 16.5. The molecule has 0 saturated heterocycles. The fourth-order valence-corrected chi connectivity index (χ4v) is 2.36. The molecule has 1 aromatic carbocycles. The van der Waals surface area contributed by atoms with E-state index in [2.05, 4.69) is 0 Å². The Morgan fingerprint density at radius 1 is 1.30 bits per heavy atom. The lowest BCUT2D eigenvalue weighted by Crippen LogP contribution is -2.41. The number of benzene rings is 1. The highest BCUT2D eigenvalue weighted by molar-refractivity contribution is 6.09. The number of nitrogen functional groups attached to an aromatic ring is 1. The Morgan fingerprint density at radius 3 is 2.83 bits per heavy atom. The van der Waals surface area contributed by atoms with Crippen molar-refractivity contribution in [3.05, 3.63) is 48.1 Å². The molecule has 1 aromatic heterocycles. The molecule has 2 heterocycles. The van der Waals surface area contributed by atoms with Crippen LogP contribution in [-0.4, -0.2) is 38.0 Å². The van der Waals surface area contributed by atoms with Gasteiger partial charge < -0.3 is 24.7 Å². The Hall–Kier alpha value is -2.73. The van der Waals surface area contributed by atoms with Gasteiger partial charge in [0.05, 0.1) is 12.0 Å². The van der Waals surface area contributed by atoms with Crippen LogP contribution in [-0.2, 0) is 4.79 Å². The summed E-state index contributed by atoms with van der Waals surface area (Å²) in [5, 5.41) is 0. The number of likely N-dealkylation sites (N-methyl/N-ethyl adjacent to an activating group) is 1. The largest absolute Gasteiger partial charge is 0.465 e. The normalized spacial score (nSPS) is 15.9. The highest BCUT2D eigenvalue weighted by Gasteiger charge is 2.30. The monoisotopic (exact) mass is 313 g/mol. The number of rotatable bonds is 4. The van der Waals surface area contributed by atoms with Crippen LogP contribution in [0.3, 0.4) is 0 Å². The van der Waals surface area contributed by atoms with Gasteiger partial charge in [-0.1, -0.05) is 0 Å². The third-order valence-electron chi connectivity index (χ3n) is 3.54. The van der Waals surface area contributed by atoms with Crippen molar-refractivity contribution in [3.63, 3.8) is 0 Å². The molecule has 6 nitrogen and oxygen atoms in total. The molecule has 2 aromatic rings. The molecule has 1 amide bonds. The van der Waals surface area contributed by atoms with Gasteiger partial charge in [0.25, 0.3) is 5.91 Å². The Morgan fingerprint density at radius 2 is 2.13 bits per heavy atom. The second kappa shape index (κ2) is 6.18. The standard InChI is InChI=1S/C17H19N3O3/c1-19(2)7-8-20-14-6-5-12(18)10-15(14)23-16(17(20)21)11-13-4-3-9-22-13/h3-6,9-11H,7-8,18H2,1-2H3/b16-11+. The molecule has 0 bridgehead atoms. The van der Waals surface area contributed by atoms with Crippen LogP contribution in [0, 0.1) is 0 Å². The van der Waals surface area contributed by atoms with E-state index in [-0.39, 0.29) is 11.7 Å². The van der Waals surface area contributed by atoms with Crippen molar-refractivity contribution >= 4 is 23.4 Å². The molecule has 0 radical (unpaired) electrons. The predicted molar refractivity (Wildman–Crippen MR) is 89.1 cm³/mol. The van der Waals surface area contributed by atoms with E-state index in [0.29, 0.717) is 23.7 Å². The molecular weight excluding hydrogens is 294 g/mol. The van der Waals surface area contributed by atoms with Gasteiger partial charge in [0.1, 0.15) is 5.76 Å². The maximum Gasteiger partial charge on any atom is 0.294 e. The van der Waals surface area contributed by atoms with Gasteiger partial charge in [-0.15, -0.1) is 0 Å². The fourth-order valence-electron chi connectivity index (χ4n) is 2.36. The molecule has 23 heavy (non-hydrogen) atoms. The lowest BCUT2D eigenvalue weighted by atomic mass is 10.2. The summed E-state index contributed by atoms with van der Waals surface area (Å²) in [6.45, 7) is 1.30. The lowest BCUT2D eigenvalue weighted by molar-refractivity contribution is -0.117. The fraction of sp³-hybridized carbons (Fsp3) is 0.235. The van der Waals surface area contributed by atoms with E-state index in [9.17, 15) is 4.79 Å². The number of carbonyl (C=O) groups is 1. The Kier molecular flexibility index (Phi) is 4.08. The number of ether oxygens (including phenoxy) is 1. The van der Waals surface area contributed by atoms with Crippen molar-refractivity contribution in [2.24, 2.45) is 0 Å². The minimum absolute atomic E-state index is 0.194. The van der Waals surface area contributed by atoms with Crippen molar-refractivity contribution in [2.75, 3.05) is 37.8 Å². The number of anilines is 2. The number of nitrogens with zero attached hydrogens (tertiary/aromatic N) is 2. The van der Waals surface area contributed by atoms with Gasteiger partial charge in [-0.3, -0.25) is 4.79 Å². The summed E-state index contributed by atoms with van der Waals surface area (Å²) in [5.74, 6) is 1.16. The zero-order valence-electron chi connectivity index (χ0n) is 13.2. The van der Waals surface area contributed by atoms with Crippen LogP contribution >= 0.6 is 0 Å². The van der Waals surface area contributed by atoms with Gasteiger partial charge in [-0.25, -0.2) is 0 Å². The molecule has 1 aliphatic heterocycles. The van der Waals surface area contributed by atoms with E-state index < -0.39 is 0 Å². The molecule has 3 rings (SSSR count). The number of hydrogen-bond donors (Lipinski definition) is 1. The Balaban J connectivity index is 1.98. The van der Waals surface area contributed by atoms with Gasteiger partial charge >= 0.3 is 0 Å². The molecule has 0 aliphatic carbocycles. The first-order valence-corrected chi connectivity index (χ1v) is 7.34. The van der Waals surface area contributed by atoms with E-state index in [1.165, 1.54) is 0 Å². The SMILES string of the molecule is CN(C)CCN1C(=O)/C(=C\c2ccco2)Oc2cc(N)ccc21. The second-order valence-corrected chi connectivity index (χ2v) is 5.61. The maximum absolute atomic E-state index is 12.8. The Labute approximate surface area is 134 Å². The average molecular weight is 313 g/mol. The highest BCUT2D eigenvalue weighted by Crippen LogP contribution is 2.37. The van der Waals surface area contributed by atoms with Crippen LogP contribution in [0.15, 0.2) is 46.8 Å². The number of carbonyl (C=O) groups excluding carboxylic acids is 1. The predicted octanol–water partition coefficient (Wildman–Crippen LogP) is 2.19. The summed E-state index contributed by atoms with van der Waals surface area (Å²) in [7, 11) is 3.93. The first kappa shape index (κ1) is 15.2. The third-order valence-corrected chi connectivity index (χ3v) is 3.54. The minimum Gasteiger partial charge on any atom is -0.465 e. The molecule has 1 aliphatic rings. The molecule has 0 fully saturated rings. The van der Waals surface area contributed by atoms with Crippen molar-refractivity contribution in [1.82, 2.24) is 4.90 Å². The number of hydrogen-bond acceptors (Lipinski definition) is 5. The van der Waals surface area contributed by atoms with Gasteiger partial charge in [-0.05, 0) is 38.4 Å². The average Bonchev–Trinajstić information content (AvgIpc) is 3.00. The maximum atomic E-state index is 12.8. The number of fused-ring (bicyclic) bond motifs is 1. The third kappa shape index (κ3) is 3.22. The molecule has 0 spiro atoms. The summed E-state index contributed by atoms with van der Waals surface area (Å²) in [5.41, 5.74) is 7.15.